The number of nitrogens with zero attached hydrogens (tertiary/aromatic N) is 2. The molecule has 1 saturated heterocycles. The molecule has 7 heteroatoms. The molecule has 28 heavy (non-hydrogen) atoms. The summed E-state index contributed by atoms with van der Waals surface area (Å²) in [4.78, 5) is 5.69. The van der Waals surface area contributed by atoms with E-state index in [0.29, 0.717) is 24.5 Å². The number of aromatic amines is 1. The fraction of sp³-hybridized carbons (Fsp3) is 0.333. The van der Waals surface area contributed by atoms with Crippen molar-refractivity contribution in [3.63, 3.8) is 0 Å². The minimum absolute atomic E-state index is 0.239. The van der Waals surface area contributed by atoms with Crippen LogP contribution in [0.2, 0.25) is 0 Å². The molecule has 0 amide bonds. The molecule has 3 aromatic rings. The monoisotopic (exact) mass is 397 g/mol. The van der Waals surface area contributed by atoms with Crippen LogP contribution in [0.5, 0.6) is 5.75 Å². The van der Waals surface area contributed by atoms with Crippen molar-refractivity contribution in [3.05, 3.63) is 54.7 Å². The lowest BCUT2D eigenvalue weighted by Gasteiger charge is -2.55. The van der Waals surface area contributed by atoms with E-state index in [4.69, 9.17) is 0 Å². The van der Waals surface area contributed by atoms with Crippen LogP contribution in [-0.2, 0) is 10.0 Å². The number of sulfonamides is 1. The van der Waals surface area contributed by atoms with Crippen molar-refractivity contribution in [2.75, 3.05) is 24.5 Å². The van der Waals surface area contributed by atoms with Crippen LogP contribution < -0.4 is 4.90 Å². The molecular formula is C21H23N3O3S. The van der Waals surface area contributed by atoms with Crippen molar-refractivity contribution >= 4 is 26.6 Å². The molecule has 0 unspecified atom stereocenters. The van der Waals surface area contributed by atoms with Crippen LogP contribution in [0.15, 0.2) is 59.6 Å². The van der Waals surface area contributed by atoms with E-state index in [1.165, 1.54) is 0 Å². The van der Waals surface area contributed by atoms with E-state index in [1.807, 2.05) is 30.5 Å². The zero-order valence-electron chi connectivity index (χ0n) is 15.5. The summed E-state index contributed by atoms with van der Waals surface area (Å²) in [7, 11) is -3.57. The summed E-state index contributed by atoms with van der Waals surface area (Å²) in [5.74, 6) is 0.239. The van der Waals surface area contributed by atoms with Gasteiger partial charge in [-0.3, -0.25) is 0 Å². The van der Waals surface area contributed by atoms with Gasteiger partial charge < -0.3 is 15.0 Å². The van der Waals surface area contributed by atoms with E-state index in [0.717, 1.165) is 35.9 Å². The molecule has 2 aromatic carbocycles. The second-order valence-corrected chi connectivity index (χ2v) is 9.68. The van der Waals surface area contributed by atoms with Crippen LogP contribution in [-0.4, -0.2) is 48.0 Å². The van der Waals surface area contributed by atoms with E-state index in [-0.39, 0.29) is 11.3 Å². The van der Waals surface area contributed by atoms with Gasteiger partial charge in [0, 0.05) is 37.0 Å². The maximum absolute atomic E-state index is 13.5. The zero-order valence-corrected chi connectivity index (χ0v) is 16.3. The Kier molecular flexibility index (Phi) is 3.93. The number of piperazine rings is 1. The second kappa shape index (κ2) is 6.25. The average Bonchev–Trinajstić information content (AvgIpc) is 3.14. The number of aromatic hydroxyl groups is 1. The summed E-state index contributed by atoms with van der Waals surface area (Å²) in [6, 6.07) is 14.4. The van der Waals surface area contributed by atoms with E-state index >= 15 is 0 Å². The van der Waals surface area contributed by atoms with E-state index in [1.54, 1.807) is 28.6 Å². The number of fused-ring (bicyclic) bond motifs is 1. The maximum Gasteiger partial charge on any atom is 0.243 e. The summed E-state index contributed by atoms with van der Waals surface area (Å²) in [5.41, 5.74) is 1.51. The zero-order chi connectivity index (χ0) is 19.4. The van der Waals surface area contributed by atoms with Crippen molar-refractivity contribution < 1.29 is 13.5 Å². The molecule has 2 N–H and O–H groups in total. The molecule has 2 fully saturated rings. The number of hydrogen-bond acceptors (Lipinski definition) is 4. The predicted octanol–water partition coefficient (Wildman–Crippen LogP) is 3.31. The fourth-order valence-electron chi connectivity index (χ4n) is 4.53. The molecule has 1 saturated carbocycles. The molecule has 1 spiro atoms. The van der Waals surface area contributed by atoms with Crippen LogP contribution >= 0.6 is 0 Å². The lowest BCUT2D eigenvalue weighted by molar-refractivity contribution is 0.0767. The van der Waals surface area contributed by atoms with E-state index in [9.17, 15) is 13.5 Å². The van der Waals surface area contributed by atoms with Gasteiger partial charge in [-0.05, 0) is 67.1 Å². The summed E-state index contributed by atoms with van der Waals surface area (Å²) in [6.07, 6.45) is 4.63. The molecule has 2 heterocycles. The summed E-state index contributed by atoms with van der Waals surface area (Å²) < 4.78 is 28.8. The van der Waals surface area contributed by atoms with E-state index < -0.39 is 10.0 Å². The first-order valence-corrected chi connectivity index (χ1v) is 11.1. The van der Waals surface area contributed by atoms with Crippen LogP contribution in [0.4, 0.5) is 5.69 Å². The minimum atomic E-state index is -3.57. The number of anilines is 1. The molecule has 5 rings (SSSR count). The first-order chi connectivity index (χ1) is 13.5. The lowest BCUT2D eigenvalue weighted by atomic mass is 9.75. The molecule has 146 valence electrons. The number of H-pyrrole nitrogens is 1. The second-order valence-electron chi connectivity index (χ2n) is 7.82. The fourth-order valence-corrected chi connectivity index (χ4v) is 6.36. The van der Waals surface area contributed by atoms with Crippen molar-refractivity contribution in [2.45, 2.75) is 29.7 Å². The number of nitrogens with one attached hydrogen (secondary N) is 1. The molecule has 1 aliphatic heterocycles. The Balaban J connectivity index is 1.47. The number of hydrogen-bond donors (Lipinski definition) is 2. The molecule has 2 aliphatic rings. The van der Waals surface area contributed by atoms with Crippen molar-refractivity contribution in [3.8, 4) is 5.75 Å². The molecule has 1 aromatic heterocycles. The summed E-state index contributed by atoms with van der Waals surface area (Å²) in [5, 5.41) is 10.5. The highest BCUT2D eigenvalue weighted by Gasteiger charge is 2.51. The molecule has 1 aliphatic carbocycles. The highest BCUT2D eigenvalue weighted by atomic mass is 32.2. The first kappa shape index (κ1) is 17.6. The number of rotatable bonds is 3. The highest BCUT2D eigenvalue weighted by Crippen LogP contribution is 2.44. The largest absolute Gasteiger partial charge is 0.508 e. The SMILES string of the molecule is O=S(=O)(c1ccc2cc[nH]c2c1)N1CCN(c2ccc(O)cc2)CC12CCC2. The molecule has 0 radical (unpaired) electrons. The molecular weight excluding hydrogens is 374 g/mol. The van der Waals surface area contributed by atoms with Gasteiger partial charge in [-0.2, -0.15) is 4.31 Å². The summed E-state index contributed by atoms with van der Waals surface area (Å²) >= 11 is 0. The quantitative estimate of drug-likeness (QED) is 0.711. The highest BCUT2D eigenvalue weighted by molar-refractivity contribution is 7.89. The third kappa shape index (κ3) is 2.69. The topological polar surface area (TPSA) is 76.6 Å². The average molecular weight is 398 g/mol. The normalized spacial score (nSPS) is 19.8. The first-order valence-electron chi connectivity index (χ1n) is 9.62. The number of aromatic nitrogens is 1. The van der Waals surface area contributed by atoms with Gasteiger partial charge in [0.05, 0.1) is 10.4 Å². The molecule has 0 atom stereocenters. The Morgan fingerprint density at radius 2 is 1.79 bits per heavy atom. The third-order valence-electron chi connectivity index (χ3n) is 6.20. The summed E-state index contributed by atoms with van der Waals surface area (Å²) in [6.45, 7) is 1.78. The van der Waals surface area contributed by atoms with Gasteiger partial charge in [-0.15, -0.1) is 0 Å². The Morgan fingerprint density at radius 3 is 2.50 bits per heavy atom. The number of phenolic OH excluding ortho intramolecular Hbond substituents is 1. The molecule has 6 nitrogen and oxygen atoms in total. The van der Waals surface area contributed by atoms with Gasteiger partial charge in [0.25, 0.3) is 0 Å². The van der Waals surface area contributed by atoms with Gasteiger partial charge >= 0.3 is 0 Å². The Morgan fingerprint density at radius 1 is 1.00 bits per heavy atom. The van der Waals surface area contributed by atoms with E-state index in [2.05, 4.69) is 9.88 Å². The number of phenols is 1. The minimum Gasteiger partial charge on any atom is -0.508 e. The number of benzene rings is 2. The van der Waals surface area contributed by atoms with Gasteiger partial charge in [-0.25, -0.2) is 8.42 Å². The Bertz CT molecular complexity index is 1120. The maximum atomic E-state index is 13.5. The standard InChI is InChI=1S/C21H23N3O3S/c25-18-5-3-17(4-6-18)23-12-13-24(21(15-23)9-1-10-21)28(26,27)19-7-2-16-8-11-22-20(16)14-19/h2-8,11,14,22,25H,1,9-10,12-13,15H2. The van der Waals surface area contributed by atoms with Crippen LogP contribution in [0, 0.1) is 0 Å². The lowest BCUT2D eigenvalue weighted by Crippen LogP contribution is -2.67. The van der Waals surface area contributed by atoms with Gasteiger partial charge in [0.15, 0.2) is 0 Å². The van der Waals surface area contributed by atoms with Gasteiger partial charge in [0.1, 0.15) is 5.75 Å². The van der Waals surface area contributed by atoms with Crippen molar-refractivity contribution in [1.82, 2.24) is 9.29 Å². The van der Waals surface area contributed by atoms with Crippen LogP contribution in [0.3, 0.4) is 0 Å². The van der Waals surface area contributed by atoms with Crippen molar-refractivity contribution in [1.29, 1.82) is 0 Å². The molecule has 0 bridgehead atoms. The predicted molar refractivity (Wildman–Crippen MR) is 109 cm³/mol. The van der Waals surface area contributed by atoms with Gasteiger partial charge in [-0.1, -0.05) is 6.07 Å². The van der Waals surface area contributed by atoms with Gasteiger partial charge in [0.2, 0.25) is 10.0 Å². The third-order valence-corrected chi connectivity index (χ3v) is 8.20. The van der Waals surface area contributed by atoms with Crippen LogP contribution in [0.1, 0.15) is 19.3 Å². The van der Waals surface area contributed by atoms with Crippen molar-refractivity contribution in [2.24, 2.45) is 0 Å². The Hall–Kier alpha value is -2.51. The smallest absolute Gasteiger partial charge is 0.243 e. The van der Waals surface area contributed by atoms with Crippen LogP contribution in [0.25, 0.3) is 10.9 Å². The Labute approximate surface area is 164 Å².